The zero-order chi connectivity index (χ0) is 18.1. The van der Waals surface area contributed by atoms with Crippen LogP contribution < -0.4 is 10.2 Å². The van der Waals surface area contributed by atoms with E-state index in [4.69, 9.17) is 0 Å². The second kappa shape index (κ2) is 6.43. The number of amides is 2. The largest absolute Gasteiger partial charge is 0.416 e. The first-order chi connectivity index (χ1) is 11.0. The van der Waals surface area contributed by atoms with Crippen molar-refractivity contribution in [2.75, 3.05) is 18.1 Å². The molecule has 1 saturated heterocycles. The molecule has 0 radical (unpaired) electrons. The maximum atomic E-state index is 13.1. The van der Waals surface area contributed by atoms with Crippen molar-refractivity contribution in [1.29, 1.82) is 0 Å². The van der Waals surface area contributed by atoms with Crippen molar-refractivity contribution in [3.8, 4) is 0 Å². The summed E-state index contributed by atoms with van der Waals surface area (Å²) in [4.78, 5) is 25.3. The van der Waals surface area contributed by atoms with Gasteiger partial charge in [0.2, 0.25) is 5.91 Å². The van der Waals surface area contributed by atoms with Crippen molar-refractivity contribution in [2.45, 2.75) is 38.4 Å². The van der Waals surface area contributed by atoms with Gasteiger partial charge in [-0.3, -0.25) is 9.59 Å². The Morgan fingerprint density at radius 2 is 1.96 bits per heavy atom. The van der Waals surface area contributed by atoms with Gasteiger partial charge in [-0.2, -0.15) is 13.2 Å². The van der Waals surface area contributed by atoms with E-state index in [0.29, 0.717) is 13.0 Å². The SMILES string of the molecule is CC(C)(CO)NC(=O)c1cc(N2CCCC2=O)cc(C(F)(F)F)c1. The van der Waals surface area contributed by atoms with Crippen LogP contribution in [-0.2, 0) is 11.0 Å². The Kier molecular flexibility index (Phi) is 4.89. The summed E-state index contributed by atoms with van der Waals surface area (Å²) in [5, 5.41) is 11.7. The van der Waals surface area contributed by atoms with E-state index in [1.807, 2.05) is 0 Å². The molecule has 8 heteroatoms. The van der Waals surface area contributed by atoms with Crippen LogP contribution >= 0.6 is 0 Å². The third-order valence-electron chi connectivity index (χ3n) is 3.74. The smallest absolute Gasteiger partial charge is 0.394 e. The summed E-state index contributed by atoms with van der Waals surface area (Å²) in [5.74, 6) is -1.01. The van der Waals surface area contributed by atoms with Gasteiger partial charge in [-0.15, -0.1) is 0 Å². The zero-order valence-electron chi connectivity index (χ0n) is 13.4. The lowest BCUT2D eigenvalue weighted by atomic mass is 10.0. The van der Waals surface area contributed by atoms with Gasteiger partial charge in [0, 0.05) is 24.2 Å². The van der Waals surface area contributed by atoms with Crippen molar-refractivity contribution >= 4 is 17.5 Å². The summed E-state index contributed by atoms with van der Waals surface area (Å²) < 4.78 is 39.4. The number of hydrogen-bond donors (Lipinski definition) is 2. The molecule has 0 atom stereocenters. The first kappa shape index (κ1) is 18.3. The number of aliphatic hydroxyl groups excluding tert-OH is 1. The maximum absolute atomic E-state index is 13.1. The predicted octanol–water partition coefficient (Wildman–Crippen LogP) is 2.33. The number of alkyl halides is 3. The van der Waals surface area contributed by atoms with E-state index in [0.717, 1.165) is 12.1 Å². The molecule has 1 fully saturated rings. The quantitative estimate of drug-likeness (QED) is 0.881. The number of halogens is 3. The highest BCUT2D eigenvalue weighted by molar-refractivity contribution is 5.99. The Hall–Kier alpha value is -2.09. The van der Waals surface area contributed by atoms with Crippen LogP contribution in [0.2, 0.25) is 0 Å². The van der Waals surface area contributed by atoms with Crippen LogP contribution in [0.3, 0.4) is 0 Å². The Balaban J connectivity index is 2.43. The fourth-order valence-electron chi connectivity index (χ4n) is 2.40. The molecule has 1 aliphatic heterocycles. The summed E-state index contributed by atoms with van der Waals surface area (Å²) in [6.45, 7) is 3.05. The monoisotopic (exact) mass is 344 g/mol. The van der Waals surface area contributed by atoms with Gasteiger partial charge in [0.25, 0.3) is 5.91 Å². The highest BCUT2D eigenvalue weighted by atomic mass is 19.4. The van der Waals surface area contributed by atoms with Crippen LogP contribution in [0.25, 0.3) is 0 Å². The highest BCUT2D eigenvalue weighted by Crippen LogP contribution is 2.34. The van der Waals surface area contributed by atoms with Crippen molar-refractivity contribution in [3.05, 3.63) is 29.3 Å². The summed E-state index contributed by atoms with van der Waals surface area (Å²) >= 11 is 0. The normalized spacial score (nSPS) is 15.8. The lowest BCUT2D eigenvalue weighted by molar-refractivity contribution is -0.137. The third-order valence-corrected chi connectivity index (χ3v) is 3.74. The molecule has 1 heterocycles. The van der Waals surface area contributed by atoms with Gasteiger partial charge in [0.1, 0.15) is 0 Å². The number of anilines is 1. The van der Waals surface area contributed by atoms with Gasteiger partial charge in [0.05, 0.1) is 17.7 Å². The third kappa shape index (κ3) is 4.05. The Morgan fingerprint density at radius 3 is 2.46 bits per heavy atom. The molecular formula is C16H19F3N2O3. The van der Waals surface area contributed by atoms with Gasteiger partial charge in [-0.25, -0.2) is 0 Å². The van der Waals surface area contributed by atoms with Crippen LogP contribution in [0, 0.1) is 0 Å². The lowest BCUT2D eigenvalue weighted by Crippen LogP contribution is -2.46. The van der Waals surface area contributed by atoms with Crippen molar-refractivity contribution in [1.82, 2.24) is 5.32 Å². The van der Waals surface area contributed by atoms with Gasteiger partial charge in [0.15, 0.2) is 0 Å². The lowest BCUT2D eigenvalue weighted by Gasteiger charge is -2.24. The number of rotatable bonds is 4. The highest BCUT2D eigenvalue weighted by Gasteiger charge is 2.34. The van der Waals surface area contributed by atoms with E-state index in [1.54, 1.807) is 13.8 Å². The molecule has 2 amide bonds. The van der Waals surface area contributed by atoms with E-state index in [1.165, 1.54) is 11.0 Å². The molecule has 1 aromatic rings. The van der Waals surface area contributed by atoms with E-state index in [9.17, 15) is 27.9 Å². The van der Waals surface area contributed by atoms with E-state index in [-0.39, 0.29) is 30.2 Å². The van der Waals surface area contributed by atoms with E-state index in [2.05, 4.69) is 5.32 Å². The molecule has 2 N–H and O–H groups in total. The predicted molar refractivity (Wildman–Crippen MR) is 81.7 cm³/mol. The Bertz CT molecular complexity index is 656. The fraction of sp³-hybridized carbons (Fsp3) is 0.500. The fourth-order valence-corrected chi connectivity index (χ4v) is 2.40. The van der Waals surface area contributed by atoms with Crippen LogP contribution in [0.4, 0.5) is 18.9 Å². The molecule has 0 spiro atoms. The number of hydrogen-bond acceptors (Lipinski definition) is 3. The van der Waals surface area contributed by atoms with Gasteiger partial charge >= 0.3 is 6.18 Å². The Labute approximate surface area is 137 Å². The number of nitrogens with zero attached hydrogens (tertiary/aromatic N) is 1. The molecular weight excluding hydrogens is 325 g/mol. The summed E-state index contributed by atoms with van der Waals surface area (Å²) in [7, 11) is 0. The topological polar surface area (TPSA) is 69.6 Å². The molecule has 2 rings (SSSR count). The molecule has 5 nitrogen and oxygen atoms in total. The molecule has 0 bridgehead atoms. The molecule has 1 aliphatic rings. The number of benzene rings is 1. The molecule has 0 aliphatic carbocycles. The number of carbonyl (C=O) groups excluding carboxylic acids is 2. The van der Waals surface area contributed by atoms with E-state index < -0.39 is 23.2 Å². The van der Waals surface area contributed by atoms with Crippen LogP contribution in [0.1, 0.15) is 42.6 Å². The average molecular weight is 344 g/mol. The van der Waals surface area contributed by atoms with E-state index >= 15 is 0 Å². The minimum atomic E-state index is -4.64. The average Bonchev–Trinajstić information content (AvgIpc) is 2.91. The number of nitrogens with one attached hydrogen (secondary N) is 1. The van der Waals surface area contributed by atoms with Gasteiger partial charge < -0.3 is 15.3 Å². The standard InChI is InChI=1S/C16H19F3N2O3/c1-15(2,9-22)20-14(24)10-6-11(16(17,18)19)8-12(7-10)21-5-3-4-13(21)23/h6-8,22H,3-5,9H2,1-2H3,(H,20,24). The minimum absolute atomic E-state index is 0.0549. The summed E-state index contributed by atoms with van der Waals surface area (Å²) in [5.41, 5.74) is -2.12. The Morgan fingerprint density at radius 1 is 1.29 bits per heavy atom. The first-order valence-corrected chi connectivity index (χ1v) is 7.49. The molecule has 0 unspecified atom stereocenters. The van der Waals surface area contributed by atoms with Gasteiger partial charge in [-0.05, 0) is 38.5 Å². The van der Waals surface area contributed by atoms with Crippen molar-refractivity contribution in [3.63, 3.8) is 0 Å². The van der Waals surface area contributed by atoms with Crippen LogP contribution in [-0.4, -0.2) is 35.6 Å². The number of carbonyl (C=O) groups is 2. The summed E-state index contributed by atoms with van der Waals surface area (Å²) in [6, 6.07) is 2.88. The van der Waals surface area contributed by atoms with Crippen LogP contribution in [0.5, 0.6) is 0 Å². The van der Waals surface area contributed by atoms with Crippen molar-refractivity contribution in [2.24, 2.45) is 0 Å². The number of aliphatic hydroxyl groups is 1. The zero-order valence-corrected chi connectivity index (χ0v) is 13.4. The van der Waals surface area contributed by atoms with Crippen LogP contribution in [0.15, 0.2) is 18.2 Å². The second-order valence-electron chi connectivity index (χ2n) is 6.41. The summed E-state index contributed by atoms with van der Waals surface area (Å²) in [6.07, 6.45) is -3.80. The molecule has 132 valence electrons. The van der Waals surface area contributed by atoms with Crippen molar-refractivity contribution < 1.29 is 27.9 Å². The molecule has 24 heavy (non-hydrogen) atoms. The van der Waals surface area contributed by atoms with Gasteiger partial charge in [-0.1, -0.05) is 0 Å². The molecule has 0 saturated carbocycles. The first-order valence-electron chi connectivity index (χ1n) is 7.49. The molecule has 0 aromatic heterocycles. The minimum Gasteiger partial charge on any atom is -0.394 e. The maximum Gasteiger partial charge on any atom is 0.416 e. The second-order valence-corrected chi connectivity index (χ2v) is 6.41. The molecule has 1 aromatic carbocycles.